The van der Waals surface area contributed by atoms with E-state index >= 15 is 0 Å². The van der Waals surface area contributed by atoms with Gasteiger partial charge in [0.2, 0.25) is 0 Å². The van der Waals surface area contributed by atoms with Crippen LogP contribution in [0.4, 0.5) is 4.39 Å². The molecule has 3 rings (SSSR count). The number of halogens is 1. The number of hydrogen-bond donors (Lipinski definition) is 1. The van der Waals surface area contributed by atoms with Gasteiger partial charge in [0.25, 0.3) is 0 Å². The Morgan fingerprint density at radius 3 is 2.82 bits per heavy atom. The van der Waals surface area contributed by atoms with Crippen LogP contribution in [0.15, 0.2) is 48.5 Å². The first-order valence-corrected chi connectivity index (χ1v) is 5.49. The Labute approximate surface area is 98.1 Å². The van der Waals surface area contributed by atoms with Crippen LogP contribution in [0.1, 0.15) is 11.3 Å². The Kier molecular flexibility index (Phi) is 2.37. The molecule has 0 aliphatic rings. The van der Waals surface area contributed by atoms with Crippen molar-refractivity contribution >= 4 is 10.9 Å². The molecule has 3 heteroatoms. The van der Waals surface area contributed by atoms with Crippen molar-refractivity contribution in [3.8, 4) is 0 Å². The molecule has 0 radical (unpaired) electrons. The van der Waals surface area contributed by atoms with Crippen LogP contribution in [0.5, 0.6) is 0 Å². The minimum atomic E-state index is -0.202. The van der Waals surface area contributed by atoms with Crippen LogP contribution in [-0.4, -0.2) is 10.2 Å². The van der Waals surface area contributed by atoms with Gasteiger partial charge in [-0.1, -0.05) is 30.3 Å². The molecule has 0 spiro atoms. The van der Waals surface area contributed by atoms with Gasteiger partial charge in [0.1, 0.15) is 5.82 Å². The third-order valence-electron chi connectivity index (χ3n) is 2.81. The molecular formula is C14H11FN2. The number of para-hydroxylation sites is 1. The molecular weight excluding hydrogens is 215 g/mol. The van der Waals surface area contributed by atoms with E-state index in [4.69, 9.17) is 0 Å². The summed E-state index contributed by atoms with van der Waals surface area (Å²) in [7, 11) is 0. The number of rotatable bonds is 2. The maximum absolute atomic E-state index is 13.1. The van der Waals surface area contributed by atoms with Crippen LogP contribution in [-0.2, 0) is 6.42 Å². The lowest BCUT2D eigenvalue weighted by molar-refractivity contribution is 0.626. The summed E-state index contributed by atoms with van der Waals surface area (Å²) >= 11 is 0. The van der Waals surface area contributed by atoms with Crippen LogP contribution in [0.2, 0.25) is 0 Å². The molecule has 1 aromatic heterocycles. The Hall–Kier alpha value is -2.16. The van der Waals surface area contributed by atoms with Gasteiger partial charge < -0.3 is 0 Å². The number of nitrogens with one attached hydrogen (secondary N) is 1. The summed E-state index contributed by atoms with van der Waals surface area (Å²) in [5.74, 6) is -0.202. The highest BCUT2D eigenvalue weighted by atomic mass is 19.1. The molecule has 2 nitrogen and oxygen atoms in total. The van der Waals surface area contributed by atoms with Gasteiger partial charge >= 0.3 is 0 Å². The molecule has 0 saturated heterocycles. The van der Waals surface area contributed by atoms with E-state index in [-0.39, 0.29) is 5.82 Å². The molecule has 2 aromatic carbocycles. The lowest BCUT2D eigenvalue weighted by atomic mass is 10.1. The molecule has 84 valence electrons. The molecule has 0 saturated carbocycles. The zero-order valence-electron chi connectivity index (χ0n) is 9.15. The van der Waals surface area contributed by atoms with E-state index in [1.54, 1.807) is 12.1 Å². The van der Waals surface area contributed by atoms with Crippen molar-refractivity contribution in [1.29, 1.82) is 0 Å². The summed E-state index contributed by atoms with van der Waals surface area (Å²) in [6.45, 7) is 0. The van der Waals surface area contributed by atoms with Crippen molar-refractivity contribution < 1.29 is 4.39 Å². The summed E-state index contributed by atoms with van der Waals surface area (Å²) in [6.07, 6.45) is 0.665. The summed E-state index contributed by atoms with van der Waals surface area (Å²) in [5, 5.41) is 8.32. The zero-order chi connectivity index (χ0) is 11.7. The average Bonchev–Trinajstić information content (AvgIpc) is 2.73. The molecule has 0 aliphatic carbocycles. The van der Waals surface area contributed by atoms with Crippen LogP contribution >= 0.6 is 0 Å². The number of nitrogens with zero attached hydrogens (tertiary/aromatic N) is 1. The minimum absolute atomic E-state index is 0.202. The summed E-state index contributed by atoms with van der Waals surface area (Å²) in [4.78, 5) is 0. The van der Waals surface area contributed by atoms with Crippen molar-refractivity contribution in [2.24, 2.45) is 0 Å². The largest absolute Gasteiger partial charge is 0.281 e. The van der Waals surface area contributed by atoms with Crippen molar-refractivity contribution in [2.45, 2.75) is 6.42 Å². The van der Waals surface area contributed by atoms with E-state index in [1.807, 2.05) is 30.3 Å². The van der Waals surface area contributed by atoms with Crippen LogP contribution in [0, 0.1) is 5.82 Å². The van der Waals surface area contributed by atoms with Crippen LogP contribution in [0.25, 0.3) is 10.9 Å². The molecule has 3 aromatic rings. The van der Waals surface area contributed by atoms with Crippen molar-refractivity contribution in [3.05, 3.63) is 65.6 Å². The van der Waals surface area contributed by atoms with E-state index in [1.165, 1.54) is 6.07 Å². The van der Waals surface area contributed by atoms with Gasteiger partial charge in [0, 0.05) is 17.5 Å². The monoisotopic (exact) mass is 226 g/mol. The molecule has 0 fully saturated rings. The second-order valence-corrected chi connectivity index (χ2v) is 4.03. The van der Waals surface area contributed by atoms with E-state index in [9.17, 15) is 4.39 Å². The number of aromatic amines is 1. The highest BCUT2D eigenvalue weighted by Gasteiger charge is 2.05. The first kappa shape index (κ1) is 10.0. The smallest absolute Gasteiger partial charge is 0.123 e. The summed E-state index contributed by atoms with van der Waals surface area (Å²) in [5.41, 5.74) is 2.91. The Bertz CT molecular complexity index is 658. The van der Waals surface area contributed by atoms with Crippen LogP contribution < -0.4 is 0 Å². The third-order valence-corrected chi connectivity index (χ3v) is 2.81. The zero-order valence-corrected chi connectivity index (χ0v) is 9.15. The Morgan fingerprint density at radius 2 is 1.94 bits per heavy atom. The highest BCUT2D eigenvalue weighted by Crippen LogP contribution is 2.18. The molecule has 1 heterocycles. The predicted molar refractivity (Wildman–Crippen MR) is 65.3 cm³/mol. The standard InChI is InChI=1S/C14H11FN2/c15-11-5-3-4-10(8-11)9-14-12-6-1-2-7-13(12)16-17-14/h1-8H,9H2,(H,16,17). The van der Waals surface area contributed by atoms with E-state index in [2.05, 4.69) is 10.2 Å². The molecule has 0 amide bonds. The average molecular weight is 226 g/mol. The molecule has 0 bridgehead atoms. The molecule has 1 N–H and O–H groups in total. The van der Waals surface area contributed by atoms with Gasteiger partial charge in [-0.3, -0.25) is 5.10 Å². The lowest BCUT2D eigenvalue weighted by Gasteiger charge is -1.99. The Balaban J connectivity index is 2.00. The van der Waals surface area contributed by atoms with Crippen molar-refractivity contribution in [1.82, 2.24) is 10.2 Å². The third kappa shape index (κ3) is 1.91. The van der Waals surface area contributed by atoms with Crippen LogP contribution in [0.3, 0.4) is 0 Å². The topological polar surface area (TPSA) is 28.7 Å². The SMILES string of the molecule is Fc1cccc(Cc2[nH]nc3ccccc23)c1. The van der Waals surface area contributed by atoms with E-state index in [0.29, 0.717) is 6.42 Å². The minimum Gasteiger partial charge on any atom is -0.281 e. The first-order chi connectivity index (χ1) is 8.33. The second-order valence-electron chi connectivity index (χ2n) is 4.03. The fourth-order valence-electron chi connectivity index (χ4n) is 2.00. The van der Waals surface area contributed by atoms with Gasteiger partial charge in [-0.15, -0.1) is 0 Å². The summed E-state index contributed by atoms with van der Waals surface area (Å²) in [6, 6.07) is 14.6. The van der Waals surface area contributed by atoms with Gasteiger partial charge in [-0.2, -0.15) is 5.10 Å². The molecule has 0 aliphatic heterocycles. The summed E-state index contributed by atoms with van der Waals surface area (Å²) < 4.78 is 13.1. The molecule has 0 unspecified atom stereocenters. The van der Waals surface area contributed by atoms with Crippen molar-refractivity contribution in [2.75, 3.05) is 0 Å². The quantitative estimate of drug-likeness (QED) is 0.713. The number of H-pyrrole nitrogens is 1. The maximum Gasteiger partial charge on any atom is 0.123 e. The first-order valence-electron chi connectivity index (χ1n) is 5.49. The van der Waals surface area contributed by atoms with Gasteiger partial charge in [0.05, 0.1) is 5.52 Å². The van der Waals surface area contributed by atoms with Crippen molar-refractivity contribution in [3.63, 3.8) is 0 Å². The van der Waals surface area contributed by atoms with E-state index < -0.39 is 0 Å². The number of aromatic nitrogens is 2. The predicted octanol–water partition coefficient (Wildman–Crippen LogP) is 3.29. The normalized spacial score (nSPS) is 10.9. The Morgan fingerprint density at radius 1 is 1.06 bits per heavy atom. The molecule has 0 atom stereocenters. The van der Waals surface area contributed by atoms with E-state index in [0.717, 1.165) is 22.2 Å². The number of fused-ring (bicyclic) bond motifs is 1. The highest BCUT2D eigenvalue weighted by molar-refractivity contribution is 5.81. The fourth-order valence-corrected chi connectivity index (χ4v) is 2.00. The van der Waals surface area contributed by atoms with Gasteiger partial charge in [0.15, 0.2) is 0 Å². The molecule has 17 heavy (non-hydrogen) atoms. The fraction of sp³-hybridized carbons (Fsp3) is 0.0714. The maximum atomic E-state index is 13.1. The van der Waals surface area contributed by atoms with Gasteiger partial charge in [-0.25, -0.2) is 4.39 Å². The lowest BCUT2D eigenvalue weighted by Crippen LogP contribution is -1.90. The van der Waals surface area contributed by atoms with Gasteiger partial charge in [-0.05, 0) is 23.8 Å². The number of hydrogen-bond acceptors (Lipinski definition) is 1. The number of benzene rings is 2. The second kappa shape index (κ2) is 4.01.